The molecule has 3 heteroatoms. The van der Waals surface area contributed by atoms with Crippen LogP contribution in [0.4, 0.5) is 4.39 Å². The number of halogens is 1. The molecule has 4 fully saturated rings. The van der Waals surface area contributed by atoms with E-state index >= 15 is 0 Å². The molecule has 3 unspecified atom stereocenters. The lowest BCUT2D eigenvalue weighted by Gasteiger charge is -2.60. The van der Waals surface area contributed by atoms with Gasteiger partial charge in [0.2, 0.25) is 0 Å². The molecule has 0 saturated heterocycles. The van der Waals surface area contributed by atoms with Crippen molar-refractivity contribution in [3.63, 3.8) is 0 Å². The van der Waals surface area contributed by atoms with Crippen LogP contribution < -0.4 is 0 Å². The molecule has 0 aliphatic heterocycles. The van der Waals surface area contributed by atoms with Gasteiger partial charge in [0.1, 0.15) is 5.67 Å². The fourth-order valence-electron chi connectivity index (χ4n) is 4.99. The molecular weight excluding hydrogens is 207 g/mol. The van der Waals surface area contributed by atoms with Gasteiger partial charge in [-0.2, -0.15) is 0 Å². The standard InChI is InChI=1S/C13H19FO2/c1-8(11(15)16)12-3-9-2-10(4-12)6-13(14,5-9)7-12/h8-10H,2-7H2,1H3,(H,15,16). The molecule has 1 N–H and O–H groups in total. The maximum absolute atomic E-state index is 14.6. The van der Waals surface area contributed by atoms with Crippen LogP contribution in [0, 0.1) is 23.2 Å². The van der Waals surface area contributed by atoms with Crippen LogP contribution in [0.2, 0.25) is 0 Å². The lowest BCUT2D eigenvalue weighted by Crippen LogP contribution is -2.56. The zero-order chi connectivity index (χ0) is 11.6. The molecule has 0 radical (unpaired) electrons. The van der Waals surface area contributed by atoms with Gasteiger partial charge in [0.25, 0.3) is 0 Å². The molecule has 2 nitrogen and oxygen atoms in total. The van der Waals surface area contributed by atoms with Gasteiger partial charge in [0, 0.05) is 0 Å². The average molecular weight is 226 g/mol. The Morgan fingerprint density at radius 3 is 2.31 bits per heavy atom. The van der Waals surface area contributed by atoms with E-state index in [4.69, 9.17) is 0 Å². The highest BCUT2D eigenvalue weighted by Crippen LogP contribution is 2.65. The second kappa shape index (κ2) is 2.99. The van der Waals surface area contributed by atoms with Crippen molar-refractivity contribution < 1.29 is 14.3 Å². The SMILES string of the molecule is CC(C(=O)O)C12CC3CC(CC(F)(C3)C1)C2. The smallest absolute Gasteiger partial charge is 0.306 e. The largest absolute Gasteiger partial charge is 0.481 e. The van der Waals surface area contributed by atoms with Crippen molar-refractivity contribution in [2.75, 3.05) is 0 Å². The highest BCUT2D eigenvalue weighted by atomic mass is 19.1. The second-order valence-electron chi connectivity index (χ2n) is 6.53. The summed E-state index contributed by atoms with van der Waals surface area (Å²) in [5.41, 5.74) is -1.27. The zero-order valence-electron chi connectivity index (χ0n) is 9.71. The molecule has 4 bridgehead atoms. The van der Waals surface area contributed by atoms with Crippen molar-refractivity contribution in [1.29, 1.82) is 0 Å². The van der Waals surface area contributed by atoms with Gasteiger partial charge in [-0.3, -0.25) is 4.79 Å². The summed E-state index contributed by atoms with van der Waals surface area (Å²) in [7, 11) is 0. The van der Waals surface area contributed by atoms with E-state index in [1.807, 2.05) is 0 Å². The van der Waals surface area contributed by atoms with Gasteiger partial charge in [-0.25, -0.2) is 4.39 Å². The van der Waals surface area contributed by atoms with Crippen LogP contribution in [0.5, 0.6) is 0 Å². The normalized spacial score (nSPS) is 51.6. The summed E-state index contributed by atoms with van der Waals surface area (Å²) in [5, 5.41) is 9.20. The highest BCUT2D eigenvalue weighted by molar-refractivity contribution is 5.70. The fourth-order valence-corrected chi connectivity index (χ4v) is 4.99. The third-order valence-electron chi connectivity index (χ3n) is 5.32. The van der Waals surface area contributed by atoms with Crippen molar-refractivity contribution in [2.24, 2.45) is 23.2 Å². The summed E-state index contributed by atoms with van der Waals surface area (Å²) in [6.45, 7) is 1.78. The van der Waals surface area contributed by atoms with Crippen LogP contribution in [0.25, 0.3) is 0 Å². The summed E-state index contributed by atoms with van der Waals surface area (Å²) in [5.74, 6) is -0.222. The van der Waals surface area contributed by atoms with Crippen LogP contribution in [0.1, 0.15) is 45.4 Å². The summed E-state index contributed by atoms with van der Waals surface area (Å²) in [6.07, 6.45) is 4.92. The zero-order valence-corrected chi connectivity index (χ0v) is 9.71. The quantitative estimate of drug-likeness (QED) is 0.785. The van der Waals surface area contributed by atoms with E-state index in [0.717, 1.165) is 19.3 Å². The monoisotopic (exact) mass is 226 g/mol. The molecule has 4 aliphatic carbocycles. The van der Waals surface area contributed by atoms with Gasteiger partial charge in [0.15, 0.2) is 0 Å². The Hall–Kier alpha value is -0.600. The molecule has 90 valence electrons. The molecule has 0 aromatic carbocycles. The Morgan fingerprint density at radius 1 is 1.31 bits per heavy atom. The number of hydrogen-bond donors (Lipinski definition) is 1. The maximum atomic E-state index is 14.6. The first-order valence-corrected chi connectivity index (χ1v) is 6.34. The van der Waals surface area contributed by atoms with Gasteiger partial charge < -0.3 is 5.11 Å². The van der Waals surface area contributed by atoms with Gasteiger partial charge in [0.05, 0.1) is 5.92 Å². The number of carbonyl (C=O) groups is 1. The Kier molecular flexibility index (Phi) is 1.97. The van der Waals surface area contributed by atoms with Crippen molar-refractivity contribution in [3.8, 4) is 0 Å². The Labute approximate surface area is 95.2 Å². The number of aliphatic carboxylic acids is 1. The summed E-state index contributed by atoms with van der Waals surface area (Å²) >= 11 is 0. The first-order chi connectivity index (χ1) is 7.42. The van der Waals surface area contributed by atoms with E-state index in [1.54, 1.807) is 6.92 Å². The van der Waals surface area contributed by atoms with Crippen LogP contribution in [-0.4, -0.2) is 16.7 Å². The van der Waals surface area contributed by atoms with Crippen molar-refractivity contribution >= 4 is 5.97 Å². The number of rotatable bonds is 2. The molecule has 0 heterocycles. The number of hydrogen-bond acceptors (Lipinski definition) is 1. The van der Waals surface area contributed by atoms with Crippen molar-refractivity contribution in [2.45, 2.75) is 51.1 Å². The van der Waals surface area contributed by atoms with Crippen LogP contribution in [0.3, 0.4) is 0 Å². The number of carboxylic acid groups (broad SMARTS) is 1. The summed E-state index contributed by atoms with van der Waals surface area (Å²) in [6, 6.07) is 0. The maximum Gasteiger partial charge on any atom is 0.306 e. The molecule has 4 aliphatic rings. The molecule has 16 heavy (non-hydrogen) atoms. The highest BCUT2D eigenvalue weighted by Gasteiger charge is 2.60. The van der Waals surface area contributed by atoms with E-state index in [2.05, 4.69) is 0 Å². The van der Waals surface area contributed by atoms with Crippen LogP contribution in [0.15, 0.2) is 0 Å². The fraction of sp³-hybridized carbons (Fsp3) is 0.923. The molecule has 4 saturated carbocycles. The Bertz CT molecular complexity index is 325. The van der Waals surface area contributed by atoms with Gasteiger partial charge >= 0.3 is 5.97 Å². The Morgan fingerprint density at radius 2 is 1.88 bits per heavy atom. The lowest BCUT2D eigenvalue weighted by atomic mass is 9.45. The van der Waals surface area contributed by atoms with Crippen molar-refractivity contribution in [1.82, 2.24) is 0 Å². The minimum Gasteiger partial charge on any atom is -0.481 e. The third-order valence-corrected chi connectivity index (χ3v) is 5.32. The van der Waals surface area contributed by atoms with E-state index in [9.17, 15) is 14.3 Å². The van der Waals surface area contributed by atoms with E-state index in [0.29, 0.717) is 31.1 Å². The topological polar surface area (TPSA) is 37.3 Å². The summed E-state index contributed by atoms with van der Waals surface area (Å²) in [4.78, 5) is 11.2. The van der Waals surface area contributed by atoms with Crippen LogP contribution in [-0.2, 0) is 4.79 Å². The average Bonchev–Trinajstić information content (AvgIpc) is 2.12. The first kappa shape index (κ1) is 10.5. The molecule has 3 atom stereocenters. The molecule has 0 spiro atoms. The number of alkyl halides is 1. The molecule has 0 aromatic rings. The number of carboxylic acids is 1. The predicted octanol–water partition coefficient (Wildman–Crippen LogP) is 3.02. The van der Waals surface area contributed by atoms with Gasteiger partial charge in [-0.05, 0) is 55.8 Å². The van der Waals surface area contributed by atoms with Crippen molar-refractivity contribution in [3.05, 3.63) is 0 Å². The second-order valence-corrected chi connectivity index (χ2v) is 6.53. The Balaban J connectivity index is 1.94. The molecular formula is C13H19FO2. The van der Waals surface area contributed by atoms with Gasteiger partial charge in [-0.1, -0.05) is 6.92 Å². The predicted molar refractivity (Wildman–Crippen MR) is 57.8 cm³/mol. The van der Waals surface area contributed by atoms with Gasteiger partial charge in [-0.15, -0.1) is 0 Å². The molecule has 0 amide bonds. The lowest BCUT2D eigenvalue weighted by molar-refractivity contribution is -0.169. The minimum atomic E-state index is -1.03. The summed E-state index contributed by atoms with van der Waals surface area (Å²) < 4.78 is 14.6. The first-order valence-electron chi connectivity index (χ1n) is 6.34. The third kappa shape index (κ3) is 1.33. The van der Waals surface area contributed by atoms with E-state index in [-0.39, 0.29) is 11.3 Å². The molecule has 4 rings (SSSR count). The van der Waals surface area contributed by atoms with E-state index in [1.165, 1.54) is 0 Å². The van der Waals surface area contributed by atoms with E-state index < -0.39 is 11.6 Å². The minimum absolute atomic E-state index is 0.231. The molecule has 0 aromatic heterocycles. The van der Waals surface area contributed by atoms with Crippen LogP contribution >= 0.6 is 0 Å².